The van der Waals surface area contributed by atoms with E-state index in [-0.39, 0.29) is 6.04 Å². The Hall–Kier alpha value is -2.76. The molecule has 0 saturated heterocycles. The number of nitrogens with two attached hydrogens (primary N) is 1. The van der Waals surface area contributed by atoms with Crippen LogP contribution in [0.25, 0.3) is 0 Å². The first-order chi connectivity index (χ1) is 11.8. The van der Waals surface area contributed by atoms with Crippen LogP contribution >= 0.6 is 0 Å². The van der Waals surface area contributed by atoms with Crippen LogP contribution in [0, 0.1) is 0 Å². The Labute approximate surface area is 141 Å². The molecule has 0 radical (unpaired) electrons. The van der Waals surface area contributed by atoms with Gasteiger partial charge >= 0.3 is 0 Å². The molecule has 1 aliphatic rings. The van der Waals surface area contributed by atoms with Crippen molar-refractivity contribution in [3.63, 3.8) is 0 Å². The SMILES string of the molecule is COc1ncccc1CCN=C(N)NC1CCOc2ccccc21. The first kappa shape index (κ1) is 16.1. The number of hydrogen-bond donors (Lipinski definition) is 2. The van der Waals surface area contributed by atoms with Crippen molar-refractivity contribution >= 4 is 5.96 Å². The predicted octanol–water partition coefficient (Wildman–Crippen LogP) is 2.06. The minimum Gasteiger partial charge on any atom is -0.493 e. The quantitative estimate of drug-likeness (QED) is 0.649. The molecular formula is C18H22N4O2. The van der Waals surface area contributed by atoms with Gasteiger partial charge in [-0.05, 0) is 18.6 Å². The number of fused-ring (bicyclic) bond motifs is 1. The fraction of sp³-hybridized carbons (Fsp3) is 0.333. The highest BCUT2D eigenvalue weighted by atomic mass is 16.5. The van der Waals surface area contributed by atoms with Gasteiger partial charge in [0.1, 0.15) is 5.75 Å². The molecule has 1 aromatic carbocycles. The number of methoxy groups -OCH3 is 1. The van der Waals surface area contributed by atoms with Crippen LogP contribution in [0.15, 0.2) is 47.6 Å². The van der Waals surface area contributed by atoms with Crippen LogP contribution in [0.5, 0.6) is 11.6 Å². The molecule has 1 aromatic heterocycles. The summed E-state index contributed by atoms with van der Waals surface area (Å²) >= 11 is 0. The highest BCUT2D eigenvalue weighted by Crippen LogP contribution is 2.31. The lowest BCUT2D eigenvalue weighted by molar-refractivity contribution is 0.262. The van der Waals surface area contributed by atoms with E-state index in [1.54, 1.807) is 13.3 Å². The summed E-state index contributed by atoms with van der Waals surface area (Å²) in [5, 5.41) is 3.29. The first-order valence-corrected chi connectivity index (χ1v) is 8.04. The topological polar surface area (TPSA) is 81.8 Å². The Bertz CT molecular complexity index is 718. The summed E-state index contributed by atoms with van der Waals surface area (Å²) in [6.45, 7) is 1.25. The lowest BCUT2D eigenvalue weighted by Crippen LogP contribution is -2.37. The maximum atomic E-state index is 6.05. The number of rotatable bonds is 5. The highest BCUT2D eigenvalue weighted by molar-refractivity contribution is 5.78. The van der Waals surface area contributed by atoms with Gasteiger partial charge in [0.15, 0.2) is 5.96 Å². The maximum absolute atomic E-state index is 6.05. The fourth-order valence-corrected chi connectivity index (χ4v) is 2.81. The molecule has 3 N–H and O–H groups in total. The second-order valence-electron chi connectivity index (χ2n) is 5.56. The van der Waals surface area contributed by atoms with Gasteiger partial charge < -0.3 is 20.5 Å². The zero-order chi connectivity index (χ0) is 16.8. The fourth-order valence-electron chi connectivity index (χ4n) is 2.81. The number of guanidine groups is 1. The van der Waals surface area contributed by atoms with Crippen molar-refractivity contribution < 1.29 is 9.47 Å². The average molecular weight is 326 g/mol. The number of pyridine rings is 1. The summed E-state index contributed by atoms with van der Waals surface area (Å²) in [5.41, 5.74) is 8.19. The first-order valence-electron chi connectivity index (χ1n) is 8.04. The highest BCUT2D eigenvalue weighted by Gasteiger charge is 2.21. The molecule has 2 aromatic rings. The predicted molar refractivity (Wildman–Crippen MR) is 93.4 cm³/mol. The van der Waals surface area contributed by atoms with Gasteiger partial charge in [0.2, 0.25) is 5.88 Å². The van der Waals surface area contributed by atoms with Crippen LogP contribution in [-0.4, -0.2) is 31.2 Å². The normalized spacial score (nSPS) is 16.9. The van der Waals surface area contributed by atoms with Crippen molar-refractivity contribution in [2.24, 2.45) is 10.7 Å². The smallest absolute Gasteiger partial charge is 0.216 e. The molecule has 1 unspecified atom stereocenters. The molecule has 6 heteroatoms. The third kappa shape index (κ3) is 3.76. The minimum atomic E-state index is 0.131. The second-order valence-corrected chi connectivity index (χ2v) is 5.56. The van der Waals surface area contributed by atoms with Crippen molar-refractivity contribution in [2.45, 2.75) is 18.9 Å². The number of ether oxygens (including phenoxy) is 2. The molecule has 0 bridgehead atoms. The number of aromatic nitrogens is 1. The van der Waals surface area contributed by atoms with Crippen molar-refractivity contribution in [2.75, 3.05) is 20.3 Å². The van der Waals surface area contributed by atoms with Crippen LogP contribution in [0.2, 0.25) is 0 Å². The van der Waals surface area contributed by atoms with E-state index in [2.05, 4.69) is 21.4 Å². The number of hydrogen-bond acceptors (Lipinski definition) is 4. The van der Waals surface area contributed by atoms with E-state index in [0.717, 1.165) is 29.7 Å². The van der Waals surface area contributed by atoms with E-state index in [4.69, 9.17) is 15.2 Å². The van der Waals surface area contributed by atoms with Gasteiger partial charge in [0, 0.05) is 30.3 Å². The standard InChI is InChI=1S/C18H22N4O2/c1-23-17-13(5-4-10-20-17)8-11-21-18(19)22-15-9-12-24-16-7-3-2-6-14(15)16/h2-7,10,15H,8-9,11-12H2,1H3,(H3,19,21,22). The molecule has 2 heterocycles. The summed E-state index contributed by atoms with van der Waals surface area (Å²) < 4.78 is 10.9. The minimum absolute atomic E-state index is 0.131. The number of nitrogens with one attached hydrogen (secondary N) is 1. The van der Waals surface area contributed by atoms with Gasteiger partial charge in [-0.2, -0.15) is 0 Å². The summed E-state index contributed by atoms with van der Waals surface area (Å²) in [5.74, 6) is 1.99. The molecule has 6 nitrogen and oxygen atoms in total. The van der Waals surface area contributed by atoms with Crippen LogP contribution in [-0.2, 0) is 6.42 Å². The molecule has 1 atom stereocenters. The monoisotopic (exact) mass is 326 g/mol. The van der Waals surface area contributed by atoms with E-state index >= 15 is 0 Å². The number of aliphatic imine (C=N–C) groups is 1. The van der Waals surface area contributed by atoms with Gasteiger partial charge in [-0.25, -0.2) is 4.98 Å². The lowest BCUT2D eigenvalue weighted by Gasteiger charge is -2.26. The Morgan fingerprint density at radius 1 is 1.38 bits per heavy atom. The molecule has 0 saturated carbocycles. The van der Waals surface area contributed by atoms with E-state index in [0.29, 0.717) is 25.0 Å². The molecule has 1 aliphatic heterocycles. The molecular weight excluding hydrogens is 304 g/mol. The third-order valence-electron chi connectivity index (χ3n) is 3.99. The molecule has 0 amide bonds. The third-order valence-corrected chi connectivity index (χ3v) is 3.99. The lowest BCUT2D eigenvalue weighted by atomic mass is 10.0. The van der Waals surface area contributed by atoms with E-state index in [9.17, 15) is 0 Å². The van der Waals surface area contributed by atoms with E-state index < -0.39 is 0 Å². The molecule has 24 heavy (non-hydrogen) atoms. The molecule has 0 fully saturated rings. The number of nitrogens with zero attached hydrogens (tertiary/aromatic N) is 2. The number of para-hydroxylation sites is 1. The van der Waals surface area contributed by atoms with Gasteiger partial charge in [-0.1, -0.05) is 24.3 Å². The van der Waals surface area contributed by atoms with E-state index in [1.807, 2.05) is 30.3 Å². The van der Waals surface area contributed by atoms with Gasteiger partial charge in [-0.3, -0.25) is 4.99 Å². The summed E-state index contributed by atoms with van der Waals surface area (Å²) in [6, 6.07) is 12.0. The van der Waals surface area contributed by atoms with Crippen LogP contribution in [0.1, 0.15) is 23.6 Å². The summed E-state index contributed by atoms with van der Waals surface area (Å²) in [4.78, 5) is 8.60. The van der Waals surface area contributed by atoms with Crippen LogP contribution in [0.4, 0.5) is 0 Å². The Balaban J connectivity index is 1.59. The van der Waals surface area contributed by atoms with Gasteiger partial charge in [-0.15, -0.1) is 0 Å². The molecule has 3 rings (SSSR count). The van der Waals surface area contributed by atoms with Crippen molar-refractivity contribution in [3.8, 4) is 11.6 Å². The Morgan fingerprint density at radius 2 is 2.25 bits per heavy atom. The summed E-state index contributed by atoms with van der Waals surface area (Å²) in [6.07, 6.45) is 3.30. The maximum Gasteiger partial charge on any atom is 0.216 e. The molecule has 0 aliphatic carbocycles. The van der Waals surface area contributed by atoms with Gasteiger partial charge in [0.25, 0.3) is 0 Å². The second kappa shape index (κ2) is 7.68. The van der Waals surface area contributed by atoms with Crippen molar-refractivity contribution in [1.82, 2.24) is 10.3 Å². The van der Waals surface area contributed by atoms with E-state index in [1.165, 1.54) is 0 Å². The average Bonchev–Trinajstić information content (AvgIpc) is 2.62. The van der Waals surface area contributed by atoms with Crippen molar-refractivity contribution in [3.05, 3.63) is 53.7 Å². The van der Waals surface area contributed by atoms with Gasteiger partial charge in [0.05, 0.1) is 19.8 Å². The van der Waals surface area contributed by atoms with Crippen LogP contribution < -0.4 is 20.5 Å². The van der Waals surface area contributed by atoms with Crippen molar-refractivity contribution in [1.29, 1.82) is 0 Å². The number of benzene rings is 1. The Morgan fingerprint density at radius 3 is 3.12 bits per heavy atom. The molecule has 126 valence electrons. The Kier molecular flexibility index (Phi) is 5.15. The largest absolute Gasteiger partial charge is 0.493 e. The molecule has 0 spiro atoms. The zero-order valence-electron chi connectivity index (χ0n) is 13.7. The zero-order valence-corrected chi connectivity index (χ0v) is 13.7. The van der Waals surface area contributed by atoms with Crippen LogP contribution in [0.3, 0.4) is 0 Å². The summed E-state index contributed by atoms with van der Waals surface area (Å²) in [7, 11) is 1.62.